The van der Waals surface area contributed by atoms with E-state index in [2.05, 4.69) is 27.3 Å². The number of imide groups is 1. The molecule has 1 N–H and O–H groups in total. The van der Waals surface area contributed by atoms with E-state index in [0.29, 0.717) is 66.2 Å². The second-order valence-corrected chi connectivity index (χ2v) is 16.0. The van der Waals surface area contributed by atoms with E-state index in [1.807, 2.05) is 30.0 Å². The van der Waals surface area contributed by atoms with E-state index in [-0.39, 0.29) is 35.3 Å². The fraction of sp³-hybridized carbons (Fsp3) is 0.400. The van der Waals surface area contributed by atoms with Crippen molar-refractivity contribution in [3.05, 3.63) is 105 Å². The van der Waals surface area contributed by atoms with Gasteiger partial charge >= 0.3 is 0 Å². The van der Waals surface area contributed by atoms with Crippen LogP contribution in [0, 0.1) is 23.1 Å². The predicted molar refractivity (Wildman–Crippen MR) is 201 cm³/mol. The first-order valence-corrected chi connectivity index (χ1v) is 19.3. The van der Waals surface area contributed by atoms with Gasteiger partial charge in [-0.05, 0) is 66.5 Å². The number of carbonyl (C=O) groups is 3. The minimum atomic E-state index is -0.645. The van der Waals surface area contributed by atoms with E-state index in [0.717, 1.165) is 49.7 Å². The first kappa shape index (κ1) is 36.2. The van der Waals surface area contributed by atoms with Gasteiger partial charge in [-0.25, -0.2) is 4.39 Å². The van der Waals surface area contributed by atoms with Crippen LogP contribution in [0.25, 0.3) is 0 Å². The molecule has 0 saturated carbocycles. The third kappa shape index (κ3) is 8.08. The Bertz CT molecular complexity index is 1950. The van der Waals surface area contributed by atoms with Crippen molar-refractivity contribution in [2.75, 3.05) is 55.8 Å². The number of hydrogen-bond acceptors (Lipinski definition) is 10. The van der Waals surface area contributed by atoms with E-state index in [4.69, 9.17) is 22.1 Å². The molecule has 3 fully saturated rings. The van der Waals surface area contributed by atoms with Crippen LogP contribution in [0.2, 0.25) is 0 Å². The van der Waals surface area contributed by atoms with Crippen LogP contribution < -0.4 is 15.0 Å². The quantitative estimate of drug-likeness (QED) is 0.145. The van der Waals surface area contributed by atoms with E-state index in [1.165, 1.54) is 11.3 Å². The molecule has 2 amide bonds. The number of ether oxygens (including phenoxy) is 2. The summed E-state index contributed by atoms with van der Waals surface area (Å²) in [7, 11) is 0. The fourth-order valence-corrected chi connectivity index (χ4v) is 8.78. The van der Waals surface area contributed by atoms with Crippen molar-refractivity contribution < 1.29 is 28.2 Å². The number of aryl methyl sites for hydroxylation is 1. The average molecular weight is 741 g/mol. The molecule has 270 valence electrons. The molecule has 0 radical (unpaired) electrons. The molecule has 0 spiro atoms. The highest BCUT2D eigenvalue weighted by molar-refractivity contribution is 8.00. The van der Waals surface area contributed by atoms with Gasteiger partial charge in [-0.2, -0.15) is 29.7 Å². The number of thiol groups is 1. The molecule has 0 bridgehead atoms. The second-order valence-electron chi connectivity index (χ2n) is 13.9. The number of benzene rings is 3. The summed E-state index contributed by atoms with van der Waals surface area (Å²) in [4.78, 5) is 42.1. The van der Waals surface area contributed by atoms with Crippen LogP contribution in [0.3, 0.4) is 0 Å². The number of thioether (sulfide) groups is 1. The van der Waals surface area contributed by atoms with E-state index in [9.17, 15) is 19.6 Å². The molecule has 9 nitrogen and oxygen atoms in total. The van der Waals surface area contributed by atoms with Gasteiger partial charge in [0, 0.05) is 72.8 Å². The van der Waals surface area contributed by atoms with Gasteiger partial charge in [0.15, 0.2) is 5.78 Å². The Morgan fingerprint density at radius 3 is 2.62 bits per heavy atom. The van der Waals surface area contributed by atoms with Crippen LogP contribution in [0.4, 0.5) is 10.1 Å². The van der Waals surface area contributed by atoms with Gasteiger partial charge in [0.25, 0.3) is 0 Å². The lowest BCUT2D eigenvalue weighted by molar-refractivity contribution is -0.135. The summed E-state index contributed by atoms with van der Waals surface area (Å²) in [5, 5.41) is 11.9. The zero-order valence-corrected chi connectivity index (χ0v) is 30.6. The van der Waals surface area contributed by atoms with Crippen molar-refractivity contribution in [1.82, 2.24) is 10.2 Å². The first-order valence-electron chi connectivity index (χ1n) is 17.7. The van der Waals surface area contributed by atoms with E-state index >= 15 is 4.39 Å². The molecule has 7 rings (SSSR count). The van der Waals surface area contributed by atoms with Crippen LogP contribution in [0.15, 0.2) is 66.2 Å². The lowest BCUT2D eigenvalue weighted by atomic mass is 9.80. The molecule has 4 aliphatic rings. The maximum Gasteiger partial charge on any atom is 0.234 e. The Morgan fingerprint density at radius 1 is 1.06 bits per heavy atom. The number of rotatable bonds is 12. The number of anilines is 1. The van der Waals surface area contributed by atoms with Crippen LogP contribution in [0.5, 0.6) is 5.75 Å². The van der Waals surface area contributed by atoms with Crippen molar-refractivity contribution in [3.63, 3.8) is 0 Å². The van der Waals surface area contributed by atoms with Crippen LogP contribution in [0.1, 0.15) is 51.0 Å². The number of allylic oxidation sites excluding steroid dienone is 1. The highest BCUT2D eigenvalue weighted by Gasteiger charge is 2.36. The van der Waals surface area contributed by atoms with Gasteiger partial charge in [-0.3, -0.25) is 24.6 Å². The summed E-state index contributed by atoms with van der Waals surface area (Å²) in [6, 6.07) is 18.8. The van der Waals surface area contributed by atoms with E-state index < -0.39 is 11.8 Å². The largest absolute Gasteiger partial charge is 0.488 e. The molecule has 3 aliphatic heterocycles. The third-order valence-electron chi connectivity index (χ3n) is 10.2. The molecular formula is C40H41FN4O5S2. The lowest BCUT2D eigenvalue weighted by Gasteiger charge is -2.37. The number of carbonyl (C=O) groups excluding carboxylic acids is 3. The Labute approximate surface area is 312 Å². The fourth-order valence-electron chi connectivity index (χ4n) is 7.27. The number of nitriles is 1. The SMILES string of the molecule is N#Cc1ccc(N2CCN(Cc3ccc(COc4cccc5c4CC=C(C4CCC(=O)NC4=O)C5=O)c(F)c3)CC2)c(CCSCC2(S)COC2)c1. The Hall–Kier alpha value is -4.15. The van der Waals surface area contributed by atoms with E-state index in [1.54, 1.807) is 36.4 Å². The second kappa shape index (κ2) is 15.8. The number of ketones is 1. The Kier molecular flexibility index (Phi) is 11.0. The lowest BCUT2D eigenvalue weighted by Crippen LogP contribution is -2.46. The number of nitrogens with zero attached hydrogens (tertiary/aromatic N) is 3. The smallest absolute Gasteiger partial charge is 0.234 e. The number of fused-ring (bicyclic) bond motifs is 1. The van der Waals surface area contributed by atoms with Gasteiger partial charge in [0.05, 0.1) is 35.5 Å². The van der Waals surface area contributed by atoms with Gasteiger partial charge in [0.2, 0.25) is 11.8 Å². The van der Waals surface area contributed by atoms with Crippen LogP contribution in [-0.4, -0.2) is 78.1 Å². The summed E-state index contributed by atoms with van der Waals surface area (Å²) in [5.41, 5.74) is 5.93. The number of piperazine rings is 1. The predicted octanol–water partition coefficient (Wildman–Crippen LogP) is 5.29. The molecular weight excluding hydrogens is 700 g/mol. The highest BCUT2D eigenvalue weighted by Crippen LogP contribution is 2.35. The number of piperidine rings is 1. The molecule has 3 saturated heterocycles. The highest BCUT2D eigenvalue weighted by atomic mass is 32.2. The molecule has 3 aromatic rings. The number of amides is 2. The number of nitrogens with one attached hydrogen (secondary N) is 1. The van der Waals surface area contributed by atoms with Gasteiger partial charge in [-0.15, -0.1) is 0 Å². The van der Waals surface area contributed by atoms with Crippen molar-refractivity contribution >= 4 is 47.7 Å². The molecule has 0 aromatic heterocycles. The van der Waals surface area contributed by atoms with Gasteiger partial charge in [-0.1, -0.05) is 30.3 Å². The summed E-state index contributed by atoms with van der Waals surface area (Å²) < 4.78 is 26.7. The normalized spacial score (nSPS) is 20.0. The van der Waals surface area contributed by atoms with Gasteiger partial charge < -0.3 is 14.4 Å². The maximum absolute atomic E-state index is 15.4. The number of halogens is 1. The summed E-state index contributed by atoms with van der Waals surface area (Å²) in [6.45, 7) is 5.38. The zero-order chi connectivity index (χ0) is 36.2. The Morgan fingerprint density at radius 2 is 1.88 bits per heavy atom. The molecule has 1 atom stereocenters. The van der Waals surface area contributed by atoms with Crippen LogP contribution >= 0.6 is 24.4 Å². The summed E-state index contributed by atoms with van der Waals surface area (Å²) in [5.74, 6) is 0.416. The van der Waals surface area contributed by atoms with Crippen LogP contribution in [-0.2, 0) is 40.3 Å². The minimum absolute atomic E-state index is 0.00844. The van der Waals surface area contributed by atoms with Crippen molar-refractivity contribution in [3.8, 4) is 11.8 Å². The monoisotopic (exact) mass is 740 g/mol. The molecule has 3 heterocycles. The molecule has 52 heavy (non-hydrogen) atoms. The van der Waals surface area contributed by atoms with Crippen molar-refractivity contribution in [2.24, 2.45) is 5.92 Å². The molecule has 12 heteroatoms. The zero-order valence-electron chi connectivity index (χ0n) is 28.9. The minimum Gasteiger partial charge on any atom is -0.488 e. The molecule has 1 unspecified atom stereocenters. The summed E-state index contributed by atoms with van der Waals surface area (Å²) in [6.07, 6.45) is 3.54. The van der Waals surface area contributed by atoms with Crippen molar-refractivity contribution in [2.45, 2.75) is 43.6 Å². The average Bonchev–Trinajstić information content (AvgIpc) is 3.13. The maximum atomic E-state index is 15.4. The summed E-state index contributed by atoms with van der Waals surface area (Å²) >= 11 is 6.61. The first-order chi connectivity index (χ1) is 25.2. The topological polar surface area (TPSA) is 112 Å². The Balaban J connectivity index is 0.921. The standard InChI is InChI=1S/C40H41FN4O5S2/c41-34-19-27(21-44-13-15-45(16-14-44)35-10-5-26(20-42)18-28(35)12-17-52-25-40(51)23-49-24-40)4-6-29(34)22-50-36-3-1-2-31-30(36)7-8-32(38(31)47)33-9-11-37(46)43-39(33)48/h1-6,8,10,18-19,33,51H,7,9,11-17,21-25H2,(H,43,46,48). The van der Waals surface area contributed by atoms with Crippen molar-refractivity contribution in [1.29, 1.82) is 5.26 Å². The number of hydrogen-bond donors (Lipinski definition) is 2. The van der Waals surface area contributed by atoms with Gasteiger partial charge in [0.1, 0.15) is 18.2 Å². The molecule has 3 aromatic carbocycles. The third-order valence-corrected chi connectivity index (χ3v) is 12.1. The number of Topliss-reactive ketones (excluding diaryl/α,β-unsaturated/α-hetero) is 1. The molecule has 1 aliphatic carbocycles.